The molecular formula is C15H23NO3. The van der Waals surface area contributed by atoms with E-state index in [1.807, 2.05) is 0 Å². The first kappa shape index (κ1) is 8.59. The number of rotatable bonds is 8. The molecule has 0 radical (unpaired) electrons. The molecule has 0 amide bonds. The molecule has 0 aliphatic heterocycles. The number of nitrogens with zero attached hydrogens (tertiary/aromatic N) is 1. The van der Waals surface area contributed by atoms with Crippen molar-refractivity contribution < 1.29 is 23.2 Å². The molecule has 0 spiro atoms. The van der Waals surface area contributed by atoms with Crippen LogP contribution in [0.25, 0.3) is 0 Å². The molecule has 1 rings (SSSR count). The summed E-state index contributed by atoms with van der Waals surface area (Å²) in [6.07, 6.45) is -6.37. The van der Waals surface area contributed by atoms with Crippen molar-refractivity contribution in [3.63, 3.8) is 0 Å². The molecule has 0 heterocycles. The molecule has 0 bridgehead atoms. The number of carboxylic acid groups (broad SMARTS) is 1. The number of hydrogen-bond acceptors (Lipinski definition) is 3. The van der Waals surface area contributed by atoms with Crippen LogP contribution in [0.4, 0.5) is 0 Å². The van der Waals surface area contributed by atoms with Crippen molar-refractivity contribution in [1.82, 2.24) is 4.90 Å². The molecular weight excluding hydrogens is 242 g/mol. The van der Waals surface area contributed by atoms with Crippen molar-refractivity contribution in [2.45, 2.75) is 39.1 Å². The summed E-state index contributed by atoms with van der Waals surface area (Å²) < 4.78 is 47.0. The highest BCUT2D eigenvalue weighted by Crippen LogP contribution is 2.14. The minimum atomic E-state index is -3.40. The molecule has 0 aliphatic carbocycles. The van der Waals surface area contributed by atoms with E-state index in [0.717, 1.165) is 10.5 Å². The van der Waals surface area contributed by atoms with Crippen molar-refractivity contribution in [2.24, 2.45) is 0 Å². The van der Waals surface area contributed by atoms with Gasteiger partial charge in [0.25, 0.3) is 0 Å². The highest BCUT2D eigenvalue weighted by atomic mass is 16.4. The molecule has 1 aromatic rings. The number of hydrogen-bond donors (Lipinski definition) is 2. The van der Waals surface area contributed by atoms with Crippen LogP contribution in [0.15, 0.2) is 24.3 Å². The van der Waals surface area contributed by atoms with Gasteiger partial charge in [0.15, 0.2) is 0 Å². The summed E-state index contributed by atoms with van der Waals surface area (Å²) >= 11 is 0. The topological polar surface area (TPSA) is 60.8 Å². The third-order valence-corrected chi connectivity index (χ3v) is 2.71. The van der Waals surface area contributed by atoms with Gasteiger partial charge < -0.3 is 15.1 Å². The average molecular weight is 271 g/mol. The molecule has 106 valence electrons. The maximum Gasteiger partial charge on any atom is 0.303 e. The van der Waals surface area contributed by atoms with Gasteiger partial charge in [0, 0.05) is 20.6 Å². The van der Waals surface area contributed by atoms with Crippen molar-refractivity contribution in [1.29, 1.82) is 0 Å². The van der Waals surface area contributed by atoms with Crippen molar-refractivity contribution >= 4 is 5.97 Å². The van der Waals surface area contributed by atoms with Gasteiger partial charge in [-0.05, 0) is 50.5 Å². The van der Waals surface area contributed by atoms with E-state index < -0.39 is 31.3 Å². The lowest BCUT2D eigenvalue weighted by molar-refractivity contribution is -0.137. The fourth-order valence-electron chi connectivity index (χ4n) is 1.74. The monoisotopic (exact) mass is 271 g/mol. The number of aromatic hydroxyl groups is 1. The first-order valence-corrected chi connectivity index (χ1v) is 6.07. The molecule has 2 N–H and O–H groups in total. The maximum atomic E-state index is 11.1. The predicted molar refractivity (Wildman–Crippen MR) is 75.4 cm³/mol. The van der Waals surface area contributed by atoms with E-state index in [-0.39, 0.29) is 12.3 Å². The van der Waals surface area contributed by atoms with Gasteiger partial charge in [-0.1, -0.05) is 19.1 Å². The molecule has 0 saturated carbocycles. The molecule has 1 aromatic carbocycles. The van der Waals surface area contributed by atoms with Crippen molar-refractivity contribution in [3.05, 3.63) is 29.8 Å². The number of phenols is 1. The van der Waals surface area contributed by atoms with Crippen LogP contribution >= 0.6 is 0 Å². The zero-order valence-electron chi connectivity index (χ0n) is 17.1. The Hall–Kier alpha value is -1.55. The second-order valence-electron chi connectivity index (χ2n) is 4.17. The summed E-state index contributed by atoms with van der Waals surface area (Å²) in [6, 6.07) is 5.73. The molecule has 1 atom stereocenters. The Bertz CT molecular complexity index is 606. The average Bonchev–Trinajstić information content (AvgIpc) is 2.49. The minimum absolute atomic E-state index is 0.0570. The fourth-order valence-corrected chi connectivity index (χ4v) is 1.74. The largest absolute Gasteiger partial charge is 0.508 e. The number of aliphatic carboxylic acids is 1. The fraction of sp³-hybridized carbons (Fsp3) is 0.533. The standard InChI is InChI=1S/C15H23NO3/c1-3-16(10-4-5-15(18)19)12(2)11-13-6-8-14(17)9-7-13/h6-9,12,17H,3-5,10-11H2,1-2H3,(H,18,19)/i4D2,5D2,10D2. The first-order chi connectivity index (χ1) is 11.3. The van der Waals surface area contributed by atoms with Crippen LogP contribution < -0.4 is 0 Å². The van der Waals surface area contributed by atoms with Crippen LogP contribution in [-0.4, -0.2) is 40.2 Å². The Labute approximate surface area is 123 Å². The summed E-state index contributed by atoms with van der Waals surface area (Å²) in [5.41, 5.74) is 0.779. The van der Waals surface area contributed by atoms with E-state index in [4.69, 9.17) is 13.3 Å². The lowest BCUT2D eigenvalue weighted by atomic mass is 10.1. The smallest absolute Gasteiger partial charge is 0.303 e. The number of benzene rings is 1. The summed E-state index contributed by atoms with van der Waals surface area (Å²) in [7, 11) is 0. The van der Waals surface area contributed by atoms with Gasteiger partial charge in [-0.3, -0.25) is 4.79 Å². The van der Waals surface area contributed by atoms with Crippen LogP contribution in [0.3, 0.4) is 0 Å². The summed E-state index contributed by atoms with van der Waals surface area (Å²) in [4.78, 5) is 12.2. The predicted octanol–water partition coefficient (Wildman–Crippen LogP) is 2.51. The number of carbonyl (C=O) groups is 1. The quantitative estimate of drug-likeness (QED) is 0.762. The first-order valence-electron chi connectivity index (χ1n) is 9.07. The van der Waals surface area contributed by atoms with Gasteiger partial charge in [0.2, 0.25) is 0 Å². The Balaban J connectivity index is 3.13. The Kier molecular flexibility index (Phi) is 3.52. The van der Waals surface area contributed by atoms with E-state index in [9.17, 15) is 9.90 Å². The molecule has 0 aliphatic rings. The van der Waals surface area contributed by atoms with Crippen molar-refractivity contribution in [3.8, 4) is 5.75 Å². The van der Waals surface area contributed by atoms with E-state index in [0.29, 0.717) is 6.42 Å². The molecule has 1 unspecified atom stereocenters. The summed E-state index contributed by atoms with van der Waals surface area (Å²) in [5, 5.41) is 18.3. The highest BCUT2D eigenvalue weighted by Gasteiger charge is 2.12. The van der Waals surface area contributed by atoms with Gasteiger partial charge in [0.05, 0.1) is 0 Å². The summed E-state index contributed by atoms with van der Waals surface area (Å²) in [5.74, 6) is -1.96. The number of carboxylic acids is 1. The Morgan fingerprint density at radius 2 is 2.05 bits per heavy atom. The van der Waals surface area contributed by atoms with E-state index in [2.05, 4.69) is 0 Å². The Morgan fingerprint density at radius 3 is 2.58 bits per heavy atom. The van der Waals surface area contributed by atoms with E-state index >= 15 is 0 Å². The number of phenolic OH excluding ortho intramolecular Hbond substituents is 1. The molecule has 4 nitrogen and oxygen atoms in total. The Morgan fingerprint density at radius 1 is 1.42 bits per heavy atom. The van der Waals surface area contributed by atoms with Crippen LogP contribution in [0.2, 0.25) is 0 Å². The molecule has 0 saturated heterocycles. The lowest BCUT2D eigenvalue weighted by Gasteiger charge is -2.27. The molecule has 19 heavy (non-hydrogen) atoms. The normalized spacial score (nSPS) is 19.5. The van der Waals surface area contributed by atoms with Crippen LogP contribution in [0, 0.1) is 0 Å². The van der Waals surface area contributed by atoms with Crippen LogP contribution in [0.5, 0.6) is 5.75 Å². The number of likely N-dealkylation sites (N-methyl/N-ethyl adjacent to an activating group) is 1. The zero-order chi connectivity index (χ0) is 19.6. The van der Waals surface area contributed by atoms with E-state index in [1.165, 1.54) is 12.1 Å². The second-order valence-corrected chi connectivity index (χ2v) is 4.17. The third-order valence-electron chi connectivity index (χ3n) is 2.71. The van der Waals surface area contributed by atoms with Gasteiger partial charge in [-0.15, -0.1) is 0 Å². The zero-order valence-corrected chi connectivity index (χ0v) is 11.1. The van der Waals surface area contributed by atoms with Gasteiger partial charge in [0.1, 0.15) is 5.75 Å². The lowest BCUT2D eigenvalue weighted by Crippen LogP contribution is -2.35. The van der Waals surface area contributed by atoms with E-state index in [1.54, 1.807) is 26.0 Å². The SMILES string of the molecule is [2H]C([2H])(C(=O)O)C([2H])([2H])C([2H])([2H])N(CC)C(C)Cc1ccc(O)cc1. The molecule has 0 fully saturated rings. The highest BCUT2D eigenvalue weighted by molar-refractivity contribution is 5.66. The van der Waals surface area contributed by atoms with Crippen LogP contribution in [-0.2, 0) is 11.2 Å². The summed E-state index contributed by atoms with van der Waals surface area (Å²) in [6.45, 7) is 0.444. The second kappa shape index (κ2) is 7.79. The molecule has 4 heteroatoms. The van der Waals surface area contributed by atoms with Gasteiger partial charge in [-0.25, -0.2) is 0 Å². The third kappa shape index (κ3) is 5.75. The van der Waals surface area contributed by atoms with Crippen molar-refractivity contribution in [2.75, 3.05) is 13.0 Å². The van der Waals surface area contributed by atoms with Gasteiger partial charge in [-0.2, -0.15) is 0 Å². The maximum absolute atomic E-state index is 11.1. The van der Waals surface area contributed by atoms with Gasteiger partial charge >= 0.3 is 5.97 Å². The molecule has 0 aromatic heterocycles. The van der Waals surface area contributed by atoms with Crippen LogP contribution in [0.1, 0.15) is 40.4 Å². The minimum Gasteiger partial charge on any atom is -0.508 e.